The number of hydrogen-bond acceptors (Lipinski definition) is 3. The Balaban J connectivity index is 2.78. The van der Waals surface area contributed by atoms with E-state index in [1.54, 1.807) is 6.08 Å². The molecule has 1 rings (SSSR count). The van der Waals surface area contributed by atoms with E-state index in [9.17, 15) is 8.42 Å². The lowest BCUT2D eigenvalue weighted by Crippen LogP contribution is -2.25. The second kappa shape index (κ2) is 2.92. The molecule has 0 saturated heterocycles. The molecule has 0 aromatic heterocycles. The minimum atomic E-state index is -3.44. The molecule has 11 heavy (non-hydrogen) atoms. The van der Waals surface area contributed by atoms with Gasteiger partial charge in [-0.1, -0.05) is 6.08 Å². The standard InChI is InChI=1S/C6H12N2O2S/c7-5-1-3-6(4-2-5)11(8,9)10/h3,5H,1-2,4,7H2,(H2,8,9,10)/t5-/m1/s1. The molecule has 0 aromatic rings. The van der Waals surface area contributed by atoms with E-state index in [1.807, 2.05) is 0 Å². The highest BCUT2D eigenvalue weighted by Gasteiger charge is 2.17. The Bertz CT molecular complexity index is 268. The molecule has 4 N–H and O–H groups in total. The van der Waals surface area contributed by atoms with Gasteiger partial charge in [-0.25, -0.2) is 13.6 Å². The average Bonchev–Trinajstić information content (AvgIpc) is 1.86. The zero-order valence-corrected chi connectivity index (χ0v) is 6.97. The van der Waals surface area contributed by atoms with Crippen molar-refractivity contribution in [2.45, 2.75) is 25.3 Å². The van der Waals surface area contributed by atoms with Crippen molar-refractivity contribution < 1.29 is 8.42 Å². The normalized spacial score (nSPS) is 26.4. The van der Waals surface area contributed by atoms with Gasteiger partial charge in [-0.3, -0.25) is 0 Å². The predicted molar refractivity (Wildman–Crippen MR) is 43.0 cm³/mol. The summed E-state index contributed by atoms with van der Waals surface area (Å²) in [4.78, 5) is 0.333. The van der Waals surface area contributed by atoms with Gasteiger partial charge in [0.25, 0.3) is 0 Å². The van der Waals surface area contributed by atoms with Gasteiger partial charge in [-0.05, 0) is 19.3 Å². The number of primary sulfonamides is 1. The number of sulfonamides is 1. The van der Waals surface area contributed by atoms with Crippen LogP contribution in [0.15, 0.2) is 11.0 Å². The van der Waals surface area contributed by atoms with Gasteiger partial charge in [0, 0.05) is 6.04 Å². The summed E-state index contributed by atoms with van der Waals surface area (Å²) in [5.74, 6) is 0. The van der Waals surface area contributed by atoms with Crippen molar-refractivity contribution in [1.82, 2.24) is 0 Å². The minimum absolute atomic E-state index is 0.0977. The summed E-state index contributed by atoms with van der Waals surface area (Å²) >= 11 is 0. The molecule has 0 aliphatic heterocycles. The Labute approximate surface area is 66.3 Å². The molecular weight excluding hydrogens is 164 g/mol. The van der Waals surface area contributed by atoms with Crippen LogP contribution in [0.5, 0.6) is 0 Å². The van der Waals surface area contributed by atoms with Crippen LogP contribution in [0.1, 0.15) is 19.3 Å². The van der Waals surface area contributed by atoms with Gasteiger partial charge in [0.15, 0.2) is 0 Å². The van der Waals surface area contributed by atoms with E-state index in [0.717, 1.165) is 0 Å². The summed E-state index contributed by atoms with van der Waals surface area (Å²) in [5, 5.41) is 4.92. The maximum Gasteiger partial charge on any atom is 0.233 e. The molecular formula is C6H12N2O2S. The SMILES string of the molecule is N[C@@H]1CC=C(S(N)(=O)=O)CC1. The maximum atomic E-state index is 10.8. The zero-order valence-electron chi connectivity index (χ0n) is 6.16. The molecule has 4 nitrogen and oxygen atoms in total. The van der Waals surface area contributed by atoms with E-state index < -0.39 is 10.0 Å². The lowest BCUT2D eigenvalue weighted by molar-refractivity contribution is 0.577. The topological polar surface area (TPSA) is 86.2 Å². The zero-order chi connectivity index (χ0) is 8.48. The van der Waals surface area contributed by atoms with Gasteiger partial charge in [0.1, 0.15) is 0 Å². The fourth-order valence-electron chi connectivity index (χ4n) is 1.09. The molecule has 5 heteroatoms. The molecule has 1 aliphatic rings. The molecule has 0 fully saturated rings. The molecule has 0 amide bonds. The van der Waals surface area contributed by atoms with Gasteiger partial charge < -0.3 is 5.73 Å². The van der Waals surface area contributed by atoms with Gasteiger partial charge in [0.2, 0.25) is 10.0 Å². The van der Waals surface area contributed by atoms with E-state index >= 15 is 0 Å². The van der Waals surface area contributed by atoms with E-state index in [4.69, 9.17) is 10.9 Å². The molecule has 0 radical (unpaired) electrons. The summed E-state index contributed by atoms with van der Waals surface area (Å²) < 4.78 is 21.5. The fraction of sp³-hybridized carbons (Fsp3) is 0.667. The smallest absolute Gasteiger partial charge is 0.233 e. The summed E-state index contributed by atoms with van der Waals surface area (Å²) in [6.45, 7) is 0. The van der Waals surface area contributed by atoms with Crippen molar-refractivity contribution in [2.75, 3.05) is 0 Å². The van der Waals surface area contributed by atoms with E-state index in [-0.39, 0.29) is 6.04 Å². The van der Waals surface area contributed by atoms with E-state index in [2.05, 4.69) is 0 Å². The third kappa shape index (κ3) is 2.28. The highest BCUT2D eigenvalue weighted by molar-refractivity contribution is 7.93. The van der Waals surface area contributed by atoms with Gasteiger partial charge in [0.05, 0.1) is 4.91 Å². The monoisotopic (exact) mass is 176 g/mol. The Morgan fingerprint density at radius 3 is 2.55 bits per heavy atom. The van der Waals surface area contributed by atoms with Crippen LogP contribution in [0.25, 0.3) is 0 Å². The number of hydrogen-bond donors (Lipinski definition) is 2. The molecule has 64 valence electrons. The third-order valence-corrected chi connectivity index (χ3v) is 2.88. The Hall–Kier alpha value is -0.390. The lowest BCUT2D eigenvalue weighted by Gasteiger charge is -2.16. The molecule has 0 bridgehead atoms. The van der Waals surface area contributed by atoms with Crippen LogP contribution in [0, 0.1) is 0 Å². The van der Waals surface area contributed by atoms with Gasteiger partial charge in [-0.2, -0.15) is 0 Å². The van der Waals surface area contributed by atoms with E-state index in [1.165, 1.54) is 0 Å². The van der Waals surface area contributed by atoms with Crippen molar-refractivity contribution in [2.24, 2.45) is 10.9 Å². The van der Waals surface area contributed by atoms with Crippen molar-refractivity contribution in [3.05, 3.63) is 11.0 Å². The largest absolute Gasteiger partial charge is 0.327 e. The number of allylic oxidation sites excluding steroid dienone is 1. The summed E-state index contributed by atoms with van der Waals surface area (Å²) in [6.07, 6.45) is 3.43. The Morgan fingerprint density at radius 1 is 1.55 bits per heavy atom. The van der Waals surface area contributed by atoms with Crippen LogP contribution in [0.4, 0.5) is 0 Å². The molecule has 1 aliphatic carbocycles. The summed E-state index contributed by atoms with van der Waals surface area (Å²) in [5.41, 5.74) is 5.56. The molecule has 0 unspecified atom stereocenters. The second-order valence-corrected chi connectivity index (χ2v) is 4.36. The van der Waals surface area contributed by atoms with Crippen molar-refractivity contribution >= 4 is 10.0 Å². The van der Waals surface area contributed by atoms with Crippen LogP contribution in [0.2, 0.25) is 0 Å². The van der Waals surface area contributed by atoms with Crippen LogP contribution >= 0.6 is 0 Å². The fourth-order valence-corrected chi connectivity index (χ4v) is 1.82. The first kappa shape index (κ1) is 8.70. The quantitative estimate of drug-likeness (QED) is 0.573. The first-order valence-corrected chi connectivity index (χ1v) is 5.02. The van der Waals surface area contributed by atoms with Crippen LogP contribution < -0.4 is 10.9 Å². The molecule has 0 spiro atoms. The van der Waals surface area contributed by atoms with Gasteiger partial charge in [-0.15, -0.1) is 0 Å². The Kier molecular flexibility index (Phi) is 2.31. The Morgan fingerprint density at radius 2 is 2.18 bits per heavy atom. The molecule has 0 heterocycles. The van der Waals surface area contributed by atoms with Crippen molar-refractivity contribution in [3.8, 4) is 0 Å². The van der Waals surface area contributed by atoms with Crippen LogP contribution in [0.3, 0.4) is 0 Å². The molecule has 0 saturated carbocycles. The summed E-state index contributed by atoms with van der Waals surface area (Å²) in [7, 11) is -3.44. The third-order valence-electron chi connectivity index (χ3n) is 1.78. The maximum absolute atomic E-state index is 10.8. The highest BCUT2D eigenvalue weighted by Crippen LogP contribution is 2.19. The van der Waals surface area contributed by atoms with Gasteiger partial charge >= 0.3 is 0 Å². The average molecular weight is 176 g/mol. The molecule has 1 atom stereocenters. The first-order valence-electron chi connectivity index (χ1n) is 3.47. The second-order valence-electron chi connectivity index (χ2n) is 2.75. The van der Waals surface area contributed by atoms with Crippen molar-refractivity contribution in [1.29, 1.82) is 0 Å². The highest BCUT2D eigenvalue weighted by atomic mass is 32.2. The molecule has 0 aromatic carbocycles. The minimum Gasteiger partial charge on any atom is -0.327 e. The predicted octanol–water partition coefficient (Wildman–Crippen LogP) is -0.330. The van der Waals surface area contributed by atoms with Crippen LogP contribution in [-0.4, -0.2) is 14.5 Å². The number of nitrogens with two attached hydrogens (primary N) is 2. The number of rotatable bonds is 1. The van der Waals surface area contributed by atoms with Crippen LogP contribution in [-0.2, 0) is 10.0 Å². The lowest BCUT2D eigenvalue weighted by atomic mass is 10.0. The first-order chi connectivity index (χ1) is 5.00. The van der Waals surface area contributed by atoms with Crippen molar-refractivity contribution in [3.63, 3.8) is 0 Å². The summed E-state index contributed by atoms with van der Waals surface area (Å²) in [6, 6.07) is 0.0977. The van der Waals surface area contributed by atoms with E-state index in [0.29, 0.717) is 24.2 Å².